The van der Waals surface area contributed by atoms with E-state index in [2.05, 4.69) is 25.1 Å². The molecule has 0 aliphatic carbocycles. The minimum absolute atomic E-state index is 0.0410. The second-order valence-corrected chi connectivity index (χ2v) is 3.84. The molecule has 0 aliphatic heterocycles. The van der Waals surface area contributed by atoms with E-state index in [-0.39, 0.29) is 30.3 Å². The third-order valence-corrected chi connectivity index (χ3v) is 2.45. The quantitative estimate of drug-likeness (QED) is 0.661. The van der Waals surface area contributed by atoms with Gasteiger partial charge in [-0.05, 0) is 0 Å². The molecule has 0 unspecified atom stereocenters. The van der Waals surface area contributed by atoms with E-state index < -0.39 is 11.9 Å². The van der Waals surface area contributed by atoms with Crippen LogP contribution in [0.2, 0.25) is 0 Å². The number of carbonyl (C=O) groups is 3. The molecule has 1 heterocycles. The number of methoxy groups -OCH3 is 2. The second-order valence-electron chi connectivity index (χ2n) is 3.84. The average molecular weight is 284 g/mol. The van der Waals surface area contributed by atoms with E-state index in [1.807, 2.05) is 0 Å². The fourth-order valence-corrected chi connectivity index (χ4v) is 1.49. The lowest BCUT2D eigenvalue weighted by atomic mass is 10.2. The van der Waals surface area contributed by atoms with Gasteiger partial charge in [-0.1, -0.05) is 5.21 Å². The van der Waals surface area contributed by atoms with Gasteiger partial charge in [-0.15, -0.1) is 5.10 Å². The SMILES string of the molecule is COC(=O)Cc1c(C(=O)OC)nnn1CCNC(C)=O. The Bertz CT molecular complexity index is 511. The largest absolute Gasteiger partial charge is 0.469 e. The molecule has 0 atom stereocenters. The summed E-state index contributed by atoms with van der Waals surface area (Å²) in [6.45, 7) is 1.96. The molecule has 1 aromatic rings. The van der Waals surface area contributed by atoms with Crippen molar-refractivity contribution in [1.82, 2.24) is 20.3 Å². The van der Waals surface area contributed by atoms with Crippen molar-refractivity contribution in [3.63, 3.8) is 0 Å². The predicted octanol–water partition coefficient (Wildman–Crippen LogP) is -1.08. The summed E-state index contributed by atoms with van der Waals surface area (Å²) in [7, 11) is 2.45. The second kappa shape index (κ2) is 7.22. The van der Waals surface area contributed by atoms with Gasteiger partial charge in [0.05, 0.1) is 32.9 Å². The molecule has 0 saturated heterocycles. The molecular weight excluding hydrogens is 268 g/mol. The highest BCUT2D eigenvalue weighted by Crippen LogP contribution is 2.08. The Kier molecular flexibility index (Phi) is 5.63. The summed E-state index contributed by atoms with van der Waals surface area (Å²) in [5.41, 5.74) is 0.245. The van der Waals surface area contributed by atoms with Gasteiger partial charge in [0.1, 0.15) is 0 Å². The Balaban J connectivity index is 2.92. The zero-order valence-electron chi connectivity index (χ0n) is 11.5. The molecule has 110 valence electrons. The lowest BCUT2D eigenvalue weighted by Gasteiger charge is -2.07. The highest BCUT2D eigenvalue weighted by Gasteiger charge is 2.22. The first-order valence-corrected chi connectivity index (χ1v) is 5.81. The van der Waals surface area contributed by atoms with Gasteiger partial charge in [-0.2, -0.15) is 0 Å². The summed E-state index contributed by atoms with van der Waals surface area (Å²) < 4.78 is 10.5. The molecule has 0 bridgehead atoms. The molecule has 0 spiro atoms. The lowest BCUT2D eigenvalue weighted by molar-refractivity contribution is -0.139. The fraction of sp³-hybridized carbons (Fsp3) is 0.545. The maximum atomic E-state index is 11.5. The first kappa shape index (κ1) is 15.6. The number of nitrogens with one attached hydrogen (secondary N) is 1. The zero-order chi connectivity index (χ0) is 15.1. The van der Waals surface area contributed by atoms with E-state index in [1.165, 1.54) is 25.8 Å². The number of nitrogens with zero attached hydrogens (tertiary/aromatic N) is 3. The molecule has 1 N–H and O–H groups in total. The minimum atomic E-state index is -0.685. The zero-order valence-corrected chi connectivity index (χ0v) is 11.5. The van der Waals surface area contributed by atoms with Crippen LogP contribution in [-0.2, 0) is 32.0 Å². The van der Waals surface area contributed by atoms with Crippen LogP contribution in [0.25, 0.3) is 0 Å². The standard InChI is InChI=1S/C11H16N4O5/c1-7(16)12-4-5-15-8(6-9(17)19-2)10(13-14-15)11(18)20-3/h4-6H2,1-3H3,(H,12,16). The van der Waals surface area contributed by atoms with Crippen molar-refractivity contribution >= 4 is 17.8 Å². The third-order valence-electron chi connectivity index (χ3n) is 2.45. The molecule has 1 rings (SSSR count). The van der Waals surface area contributed by atoms with Gasteiger partial charge < -0.3 is 14.8 Å². The normalized spacial score (nSPS) is 9.95. The van der Waals surface area contributed by atoms with Gasteiger partial charge in [0, 0.05) is 13.5 Å². The highest BCUT2D eigenvalue weighted by atomic mass is 16.5. The first-order valence-electron chi connectivity index (χ1n) is 5.81. The van der Waals surface area contributed by atoms with Gasteiger partial charge in [0.15, 0.2) is 5.69 Å². The number of aromatic nitrogens is 3. The summed E-state index contributed by atoms with van der Waals surface area (Å²) in [4.78, 5) is 33.7. The molecule has 1 aromatic heterocycles. The molecule has 0 radical (unpaired) electrons. The van der Waals surface area contributed by atoms with E-state index in [9.17, 15) is 14.4 Å². The summed E-state index contributed by atoms with van der Waals surface area (Å²) in [6.07, 6.45) is -0.159. The summed E-state index contributed by atoms with van der Waals surface area (Å²) in [5, 5.41) is 10.0. The number of esters is 2. The maximum Gasteiger partial charge on any atom is 0.360 e. The van der Waals surface area contributed by atoms with Crippen LogP contribution < -0.4 is 5.32 Å². The number of ether oxygens (including phenoxy) is 2. The maximum absolute atomic E-state index is 11.5. The fourth-order valence-electron chi connectivity index (χ4n) is 1.49. The molecule has 1 amide bonds. The number of hydrogen-bond acceptors (Lipinski definition) is 7. The van der Waals surface area contributed by atoms with Crippen LogP contribution in [0.4, 0.5) is 0 Å². The Morgan fingerprint density at radius 2 is 1.95 bits per heavy atom. The first-order chi connectivity index (χ1) is 9.49. The van der Waals surface area contributed by atoms with Crippen LogP contribution >= 0.6 is 0 Å². The van der Waals surface area contributed by atoms with Crippen molar-refractivity contribution < 1.29 is 23.9 Å². The Hall–Kier alpha value is -2.45. The monoisotopic (exact) mass is 284 g/mol. The summed E-state index contributed by atoms with van der Waals surface area (Å²) in [6, 6.07) is 0. The number of carbonyl (C=O) groups excluding carboxylic acids is 3. The average Bonchev–Trinajstić information content (AvgIpc) is 2.80. The van der Waals surface area contributed by atoms with Crippen molar-refractivity contribution in [1.29, 1.82) is 0 Å². The van der Waals surface area contributed by atoms with E-state index in [1.54, 1.807) is 0 Å². The Morgan fingerprint density at radius 1 is 1.25 bits per heavy atom. The van der Waals surface area contributed by atoms with Gasteiger partial charge in [-0.3, -0.25) is 9.59 Å². The summed E-state index contributed by atoms with van der Waals surface area (Å²) >= 11 is 0. The van der Waals surface area contributed by atoms with Crippen LogP contribution in [0, 0.1) is 0 Å². The molecule has 9 nitrogen and oxygen atoms in total. The molecule has 0 aliphatic rings. The third kappa shape index (κ3) is 4.04. The van der Waals surface area contributed by atoms with Crippen molar-refractivity contribution in [2.45, 2.75) is 19.9 Å². The van der Waals surface area contributed by atoms with E-state index in [0.29, 0.717) is 6.54 Å². The van der Waals surface area contributed by atoms with Gasteiger partial charge >= 0.3 is 11.9 Å². The van der Waals surface area contributed by atoms with Crippen LogP contribution in [0.15, 0.2) is 0 Å². The lowest BCUT2D eigenvalue weighted by Crippen LogP contribution is -2.26. The Morgan fingerprint density at radius 3 is 2.50 bits per heavy atom. The van der Waals surface area contributed by atoms with E-state index in [4.69, 9.17) is 0 Å². The number of amides is 1. The van der Waals surface area contributed by atoms with Crippen molar-refractivity contribution in [2.75, 3.05) is 20.8 Å². The minimum Gasteiger partial charge on any atom is -0.469 e. The van der Waals surface area contributed by atoms with Crippen LogP contribution in [0.5, 0.6) is 0 Å². The van der Waals surface area contributed by atoms with Crippen molar-refractivity contribution in [3.8, 4) is 0 Å². The van der Waals surface area contributed by atoms with Gasteiger partial charge in [0.25, 0.3) is 0 Å². The predicted molar refractivity (Wildman–Crippen MR) is 65.8 cm³/mol. The van der Waals surface area contributed by atoms with Crippen molar-refractivity contribution in [3.05, 3.63) is 11.4 Å². The summed E-state index contributed by atoms with van der Waals surface area (Å²) in [5.74, 6) is -1.40. The van der Waals surface area contributed by atoms with Gasteiger partial charge in [-0.25, -0.2) is 9.48 Å². The molecule has 9 heteroatoms. The van der Waals surface area contributed by atoms with Crippen LogP contribution in [-0.4, -0.2) is 53.6 Å². The molecule has 20 heavy (non-hydrogen) atoms. The Labute approximate surface area is 115 Å². The number of hydrogen-bond donors (Lipinski definition) is 1. The van der Waals surface area contributed by atoms with E-state index >= 15 is 0 Å². The molecule has 0 fully saturated rings. The van der Waals surface area contributed by atoms with E-state index in [0.717, 1.165) is 0 Å². The van der Waals surface area contributed by atoms with Crippen LogP contribution in [0.3, 0.4) is 0 Å². The molecular formula is C11H16N4O5. The van der Waals surface area contributed by atoms with Gasteiger partial charge in [0.2, 0.25) is 5.91 Å². The van der Waals surface area contributed by atoms with Crippen LogP contribution in [0.1, 0.15) is 23.1 Å². The smallest absolute Gasteiger partial charge is 0.360 e. The highest BCUT2D eigenvalue weighted by molar-refractivity contribution is 5.89. The molecule has 0 saturated carbocycles. The molecule has 0 aromatic carbocycles. The number of rotatable bonds is 6. The van der Waals surface area contributed by atoms with Crippen molar-refractivity contribution in [2.24, 2.45) is 0 Å². The topological polar surface area (TPSA) is 112 Å².